The van der Waals surface area contributed by atoms with Gasteiger partial charge in [0.25, 0.3) is 0 Å². The molecule has 5 nitrogen and oxygen atoms in total. The average Bonchev–Trinajstić information content (AvgIpc) is 2.57. The van der Waals surface area contributed by atoms with Gasteiger partial charge in [-0.3, -0.25) is 0 Å². The summed E-state index contributed by atoms with van der Waals surface area (Å²) in [6, 6.07) is 0. The molecule has 0 unspecified atom stereocenters. The van der Waals surface area contributed by atoms with Gasteiger partial charge < -0.3 is 18.6 Å². The van der Waals surface area contributed by atoms with Crippen LogP contribution in [-0.4, -0.2) is 47.0 Å². The van der Waals surface area contributed by atoms with Gasteiger partial charge in [0.15, 0.2) is 14.4 Å². The first-order valence-electron chi connectivity index (χ1n) is 9.75. The third-order valence-corrected chi connectivity index (χ3v) is 9.37. The quantitative estimate of drug-likeness (QED) is 0.107. The molecule has 0 bridgehead atoms. The van der Waals surface area contributed by atoms with Gasteiger partial charge in [0.2, 0.25) is 0 Å². The predicted octanol–water partition coefficient (Wildman–Crippen LogP) is 5.40. The number of methoxy groups -OCH3 is 1. The maximum atomic E-state index is 12.5. The van der Waals surface area contributed by atoms with Crippen molar-refractivity contribution in [1.82, 2.24) is 0 Å². The van der Waals surface area contributed by atoms with Crippen LogP contribution >= 0.6 is 0 Å². The van der Waals surface area contributed by atoms with E-state index >= 15 is 0 Å². The van der Waals surface area contributed by atoms with Crippen LogP contribution in [0.3, 0.4) is 0 Å². The normalized spacial score (nSPS) is 15.0. The van der Waals surface area contributed by atoms with Gasteiger partial charge in [-0.1, -0.05) is 38.5 Å². The molecule has 0 aliphatic heterocycles. The number of hydrogen-bond acceptors (Lipinski definition) is 5. The van der Waals surface area contributed by atoms with Crippen LogP contribution in [0.5, 0.6) is 0 Å². The topological polar surface area (TPSA) is 54.0 Å². The number of allylic oxidation sites excluding steroid dienone is 1. The van der Waals surface area contributed by atoms with E-state index in [4.69, 9.17) is 18.6 Å². The molecule has 0 N–H and O–H groups in total. The zero-order valence-electron chi connectivity index (χ0n) is 19.3. The highest BCUT2D eigenvalue weighted by atomic mass is 28.4. The first kappa shape index (κ1) is 26.8. The summed E-state index contributed by atoms with van der Waals surface area (Å²) in [6.45, 7) is 21.2. The average molecular weight is 413 g/mol. The minimum absolute atomic E-state index is 0.0982. The van der Waals surface area contributed by atoms with E-state index in [0.29, 0.717) is 18.6 Å². The van der Waals surface area contributed by atoms with Crippen LogP contribution in [-0.2, 0) is 23.4 Å². The maximum absolute atomic E-state index is 12.5. The van der Waals surface area contributed by atoms with Gasteiger partial charge in [-0.05, 0) is 51.4 Å². The monoisotopic (exact) mass is 412 g/mol. The molecule has 0 aliphatic carbocycles. The van der Waals surface area contributed by atoms with Crippen molar-refractivity contribution in [2.45, 2.75) is 78.3 Å². The Kier molecular flexibility index (Phi) is 11.8. The SMILES string of the molecule is C=C[C@H](OCOC)[C@H](C=C(C)C)OC(=O)/C(C)=C/CCO[Si](C)(C)C(C)(C)C. The van der Waals surface area contributed by atoms with Crippen molar-refractivity contribution in [3.63, 3.8) is 0 Å². The second kappa shape index (κ2) is 12.4. The van der Waals surface area contributed by atoms with Gasteiger partial charge in [-0.25, -0.2) is 4.79 Å². The molecule has 0 rings (SSSR count). The molecule has 6 heteroatoms. The second-order valence-corrected chi connectivity index (χ2v) is 13.5. The Balaban J connectivity index is 4.90. The summed E-state index contributed by atoms with van der Waals surface area (Å²) in [5.41, 5.74) is 1.58. The summed E-state index contributed by atoms with van der Waals surface area (Å²) < 4.78 is 22.3. The summed E-state index contributed by atoms with van der Waals surface area (Å²) in [6.07, 6.45) is 4.97. The van der Waals surface area contributed by atoms with E-state index in [9.17, 15) is 4.79 Å². The molecule has 0 aromatic carbocycles. The van der Waals surface area contributed by atoms with Crippen LogP contribution < -0.4 is 0 Å². The predicted molar refractivity (Wildman–Crippen MR) is 118 cm³/mol. The van der Waals surface area contributed by atoms with Gasteiger partial charge in [0, 0.05) is 19.3 Å². The third-order valence-electron chi connectivity index (χ3n) is 4.83. The Morgan fingerprint density at radius 3 is 2.21 bits per heavy atom. The van der Waals surface area contributed by atoms with Crippen LogP contribution in [0.1, 0.15) is 48.0 Å². The van der Waals surface area contributed by atoms with E-state index in [-0.39, 0.29) is 17.8 Å². The Morgan fingerprint density at radius 1 is 1.14 bits per heavy atom. The number of rotatable bonds is 12. The highest BCUT2D eigenvalue weighted by Gasteiger charge is 2.36. The lowest BCUT2D eigenvalue weighted by molar-refractivity contribution is -0.151. The molecular weight excluding hydrogens is 372 g/mol. The lowest BCUT2D eigenvalue weighted by Gasteiger charge is -2.36. The summed E-state index contributed by atoms with van der Waals surface area (Å²) >= 11 is 0. The molecule has 0 amide bonds. The Morgan fingerprint density at radius 2 is 1.75 bits per heavy atom. The largest absolute Gasteiger partial charge is 0.452 e. The first-order valence-corrected chi connectivity index (χ1v) is 12.7. The van der Waals surface area contributed by atoms with E-state index < -0.39 is 20.5 Å². The zero-order valence-corrected chi connectivity index (χ0v) is 20.3. The fourth-order valence-corrected chi connectivity index (χ4v) is 3.14. The Hall–Kier alpha value is -1.21. The molecule has 0 aromatic heterocycles. The molecule has 162 valence electrons. The number of esters is 1. The van der Waals surface area contributed by atoms with Crippen molar-refractivity contribution in [3.05, 3.63) is 36.0 Å². The molecule has 0 aromatic rings. The van der Waals surface area contributed by atoms with Gasteiger partial charge in [-0.15, -0.1) is 6.58 Å². The minimum atomic E-state index is -1.77. The fourth-order valence-electron chi connectivity index (χ4n) is 2.07. The lowest BCUT2D eigenvalue weighted by Crippen LogP contribution is -2.40. The van der Waals surface area contributed by atoms with E-state index in [0.717, 1.165) is 5.57 Å². The molecule has 0 spiro atoms. The van der Waals surface area contributed by atoms with Crippen molar-refractivity contribution in [1.29, 1.82) is 0 Å². The van der Waals surface area contributed by atoms with E-state index in [1.807, 2.05) is 26.0 Å². The number of ether oxygens (including phenoxy) is 3. The third kappa shape index (κ3) is 9.82. The Labute approximate surface area is 172 Å². The van der Waals surface area contributed by atoms with Gasteiger partial charge in [0.1, 0.15) is 12.9 Å². The molecule has 0 saturated carbocycles. The van der Waals surface area contributed by atoms with Crippen molar-refractivity contribution in [3.8, 4) is 0 Å². The van der Waals surface area contributed by atoms with Crippen molar-refractivity contribution < 1.29 is 23.4 Å². The van der Waals surface area contributed by atoms with E-state index in [1.54, 1.807) is 20.1 Å². The minimum Gasteiger partial charge on any atom is -0.452 e. The fraction of sp³-hybridized carbons (Fsp3) is 0.682. The summed E-state index contributed by atoms with van der Waals surface area (Å²) in [4.78, 5) is 12.5. The number of carbonyl (C=O) groups excluding carboxylic acids is 1. The summed E-state index contributed by atoms with van der Waals surface area (Å²) in [7, 11) is -0.232. The highest BCUT2D eigenvalue weighted by molar-refractivity contribution is 6.74. The zero-order chi connectivity index (χ0) is 22.0. The van der Waals surface area contributed by atoms with Gasteiger partial charge in [0.05, 0.1) is 0 Å². The van der Waals surface area contributed by atoms with Gasteiger partial charge in [-0.2, -0.15) is 0 Å². The first-order chi connectivity index (χ1) is 12.9. The van der Waals surface area contributed by atoms with Crippen LogP contribution in [0.25, 0.3) is 0 Å². The van der Waals surface area contributed by atoms with Crippen molar-refractivity contribution in [2.24, 2.45) is 0 Å². The maximum Gasteiger partial charge on any atom is 0.334 e. The second-order valence-electron chi connectivity index (χ2n) is 8.67. The molecule has 0 aliphatic rings. The van der Waals surface area contributed by atoms with Crippen molar-refractivity contribution in [2.75, 3.05) is 20.5 Å². The lowest BCUT2D eigenvalue weighted by atomic mass is 10.1. The molecule has 2 atom stereocenters. The van der Waals surface area contributed by atoms with E-state index in [2.05, 4.69) is 40.4 Å². The standard InChI is InChI=1S/C22H40O5Si/c1-11-19(25-16-24-8)20(15-17(2)3)27-21(23)18(4)13-12-14-26-28(9,10)22(5,6)7/h11,13,15,19-20H,1,12,14,16H2,2-10H3/b18-13+/t19-,20-/m0/s1. The van der Waals surface area contributed by atoms with Crippen LogP contribution in [0.4, 0.5) is 0 Å². The highest BCUT2D eigenvalue weighted by Crippen LogP contribution is 2.36. The van der Waals surface area contributed by atoms with E-state index in [1.165, 1.54) is 0 Å². The smallest absolute Gasteiger partial charge is 0.334 e. The van der Waals surface area contributed by atoms with Crippen LogP contribution in [0.2, 0.25) is 18.1 Å². The van der Waals surface area contributed by atoms with Gasteiger partial charge >= 0.3 is 5.97 Å². The number of hydrogen-bond donors (Lipinski definition) is 0. The molecule has 0 fully saturated rings. The number of carbonyl (C=O) groups is 1. The molecule has 0 saturated heterocycles. The van der Waals surface area contributed by atoms with Crippen molar-refractivity contribution >= 4 is 14.3 Å². The summed E-state index contributed by atoms with van der Waals surface area (Å²) in [5.74, 6) is -0.373. The molecule has 28 heavy (non-hydrogen) atoms. The molecule has 0 heterocycles. The molecule has 0 radical (unpaired) electrons. The van der Waals surface area contributed by atoms with Crippen LogP contribution in [0.15, 0.2) is 36.0 Å². The Bertz CT molecular complexity index is 554. The molecular formula is C22H40O5Si. The van der Waals surface area contributed by atoms with Crippen LogP contribution in [0, 0.1) is 0 Å². The summed E-state index contributed by atoms with van der Waals surface area (Å²) in [5, 5.41) is 0.171.